The average Bonchev–Trinajstić information content (AvgIpc) is 3.23. The summed E-state index contributed by atoms with van der Waals surface area (Å²) < 4.78 is 2.05. The molecular formula is C24H34ClN5OS. The zero-order valence-corrected chi connectivity index (χ0v) is 21.5. The normalized spacial score (nSPS) is 25.4. The molecule has 0 radical (unpaired) electrons. The van der Waals surface area contributed by atoms with Gasteiger partial charge in [0.2, 0.25) is 5.91 Å². The van der Waals surface area contributed by atoms with E-state index < -0.39 is 0 Å². The summed E-state index contributed by atoms with van der Waals surface area (Å²) in [5.41, 5.74) is 1.49. The molecule has 1 aliphatic carbocycles. The van der Waals surface area contributed by atoms with Crippen LogP contribution in [0.2, 0.25) is 5.02 Å². The minimum atomic E-state index is 0.0724. The second kappa shape index (κ2) is 8.65. The molecule has 1 aromatic heterocycles. The van der Waals surface area contributed by atoms with E-state index in [-0.39, 0.29) is 17.4 Å². The first kappa shape index (κ1) is 23.6. The van der Waals surface area contributed by atoms with Crippen LogP contribution < -0.4 is 0 Å². The summed E-state index contributed by atoms with van der Waals surface area (Å²) in [6.45, 7) is 9.98. The summed E-state index contributed by atoms with van der Waals surface area (Å²) in [7, 11) is 4.05. The van der Waals surface area contributed by atoms with E-state index in [9.17, 15) is 4.79 Å². The third kappa shape index (κ3) is 4.70. The van der Waals surface area contributed by atoms with Crippen LogP contribution in [-0.2, 0) is 4.79 Å². The number of rotatable bonds is 6. The summed E-state index contributed by atoms with van der Waals surface area (Å²) in [6.07, 6.45) is 3.40. The van der Waals surface area contributed by atoms with Crippen molar-refractivity contribution in [2.75, 3.05) is 26.4 Å². The fraction of sp³-hybridized carbons (Fsp3) is 0.625. The standard InChI is InChI=1S/C24H34ClN5OS/c1-16(28(5)6)21-26-27-22(30(21)18-9-7-17(25)8-10-18)32-13-20(31)29-15-24(4)12-19(29)11-23(2,3)14-24/h7-10,16,19H,11-15H2,1-6H3/t16-,19+,24+/m0/s1. The van der Waals surface area contributed by atoms with E-state index in [0.29, 0.717) is 22.2 Å². The molecule has 6 nitrogen and oxygen atoms in total. The van der Waals surface area contributed by atoms with Crippen LogP contribution >= 0.6 is 23.4 Å². The molecule has 2 fully saturated rings. The van der Waals surface area contributed by atoms with Crippen molar-refractivity contribution < 1.29 is 4.79 Å². The van der Waals surface area contributed by atoms with Crippen LogP contribution in [0.15, 0.2) is 29.4 Å². The maximum absolute atomic E-state index is 13.3. The Labute approximate surface area is 200 Å². The van der Waals surface area contributed by atoms with Crippen LogP contribution in [-0.4, -0.2) is 62.9 Å². The van der Waals surface area contributed by atoms with Gasteiger partial charge in [-0.05, 0) is 75.4 Å². The number of fused-ring (bicyclic) bond motifs is 2. The lowest BCUT2D eigenvalue weighted by Gasteiger charge is -2.39. The van der Waals surface area contributed by atoms with E-state index in [2.05, 4.69) is 47.7 Å². The van der Waals surface area contributed by atoms with Gasteiger partial charge in [-0.2, -0.15) is 0 Å². The first-order chi connectivity index (χ1) is 15.0. The Morgan fingerprint density at radius 3 is 2.56 bits per heavy atom. The second-order valence-corrected chi connectivity index (χ2v) is 12.2. The quantitative estimate of drug-likeness (QED) is 0.546. The van der Waals surface area contributed by atoms with Gasteiger partial charge >= 0.3 is 0 Å². The SMILES string of the molecule is C[C@@H](c1nnc(SCC(=O)N2C[C@]3(C)C[C@H]2CC(C)(C)C3)n1-c1ccc(Cl)cc1)N(C)C. The molecule has 0 unspecified atom stereocenters. The van der Waals surface area contributed by atoms with Gasteiger partial charge in [0.25, 0.3) is 0 Å². The summed E-state index contributed by atoms with van der Waals surface area (Å²) in [5, 5.41) is 10.4. The van der Waals surface area contributed by atoms with E-state index in [0.717, 1.165) is 36.1 Å². The van der Waals surface area contributed by atoms with Crippen LogP contribution in [0.4, 0.5) is 0 Å². The molecule has 1 aliphatic heterocycles. The molecule has 0 N–H and O–H groups in total. The van der Waals surface area contributed by atoms with Crippen molar-refractivity contribution in [1.82, 2.24) is 24.6 Å². The number of halogens is 1. The number of carbonyl (C=O) groups excluding carboxylic acids is 1. The highest BCUT2D eigenvalue weighted by Gasteiger charge is 2.50. The van der Waals surface area contributed by atoms with Crippen LogP contribution in [0, 0.1) is 10.8 Å². The van der Waals surface area contributed by atoms with Crippen molar-refractivity contribution in [3.05, 3.63) is 35.1 Å². The summed E-state index contributed by atoms with van der Waals surface area (Å²) >= 11 is 7.58. The molecule has 4 rings (SSSR count). The first-order valence-corrected chi connectivity index (χ1v) is 12.6. The highest BCUT2D eigenvalue weighted by Crippen LogP contribution is 2.52. The number of hydrogen-bond acceptors (Lipinski definition) is 5. The molecule has 174 valence electrons. The Hall–Kier alpha value is -1.57. The molecular weight excluding hydrogens is 442 g/mol. The molecule has 2 aromatic rings. The van der Waals surface area contributed by atoms with Crippen molar-refractivity contribution in [2.24, 2.45) is 10.8 Å². The number of carbonyl (C=O) groups is 1. The Morgan fingerprint density at radius 2 is 1.91 bits per heavy atom. The van der Waals surface area contributed by atoms with E-state index in [1.165, 1.54) is 18.2 Å². The van der Waals surface area contributed by atoms with Crippen molar-refractivity contribution in [3.8, 4) is 5.69 Å². The number of likely N-dealkylation sites (tertiary alicyclic amines) is 1. The fourth-order valence-corrected chi connectivity index (χ4v) is 6.64. The topological polar surface area (TPSA) is 54.3 Å². The number of benzene rings is 1. The van der Waals surface area contributed by atoms with Gasteiger partial charge in [0.15, 0.2) is 11.0 Å². The molecule has 0 spiro atoms. The molecule has 1 saturated carbocycles. The predicted octanol–water partition coefficient (Wildman–Crippen LogP) is 5.06. The monoisotopic (exact) mass is 475 g/mol. The van der Waals surface area contributed by atoms with Gasteiger partial charge in [0, 0.05) is 23.3 Å². The van der Waals surface area contributed by atoms with Gasteiger partial charge in [0.1, 0.15) is 0 Å². The first-order valence-electron chi connectivity index (χ1n) is 11.3. The van der Waals surface area contributed by atoms with Gasteiger partial charge in [-0.25, -0.2) is 0 Å². The average molecular weight is 476 g/mol. The lowest BCUT2D eigenvalue weighted by atomic mass is 9.65. The highest BCUT2D eigenvalue weighted by molar-refractivity contribution is 7.99. The Bertz CT molecular complexity index is 989. The van der Waals surface area contributed by atoms with E-state index in [1.54, 1.807) is 0 Å². The zero-order valence-electron chi connectivity index (χ0n) is 19.9. The van der Waals surface area contributed by atoms with Gasteiger partial charge in [-0.15, -0.1) is 10.2 Å². The smallest absolute Gasteiger partial charge is 0.233 e. The molecule has 1 aromatic carbocycles. The van der Waals surface area contributed by atoms with Crippen molar-refractivity contribution in [3.63, 3.8) is 0 Å². The molecule has 8 heteroatoms. The van der Waals surface area contributed by atoms with Crippen LogP contribution in [0.5, 0.6) is 0 Å². The largest absolute Gasteiger partial charge is 0.338 e. The number of hydrogen-bond donors (Lipinski definition) is 0. The molecule has 2 aliphatic rings. The fourth-order valence-electron chi connectivity index (χ4n) is 5.67. The minimum absolute atomic E-state index is 0.0724. The Balaban J connectivity index is 1.55. The van der Waals surface area contributed by atoms with Crippen LogP contribution in [0.1, 0.15) is 58.8 Å². The number of nitrogens with zero attached hydrogens (tertiary/aromatic N) is 5. The molecule has 32 heavy (non-hydrogen) atoms. The number of thioether (sulfide) groups is 1. The third-order valence-corrected chi connectivity index (χ3v) is 8.12. The Morgan fingerprint density at radius 1 is 1.22 bits per heavy atom. The molecule has 3 atom stereocenters. The maximum Gasteiger partial charge on any atom is 0.233 e. The lowest BCUT2D eigenvalue weighted by molar-refractivity contribution is -0.129. The second-order valence-electron chi connectivity index (χ2n) is 10.8. The van der Waals surface area contributed by atoms with Gasteiger partial charge in [-0.3, -0.25) is 14.3 Å². The highest BCUT2D eigenvalue weighted by atomic mass is 35.5. The van der Waals surface area contributed by atoms with Gasteiger partial charge in [-0.1, -0.05) is 44.1 Å². The number of amides is 1. The summed E-state index contributed by atoms with van der Waals surface area (Å²) in [6, 6.07) is 8.10. The maximum atomic E-state index is 13.3. The van der Waals surface area contributed by atoms with Crippen molar-refractivity contribution in [2.45, 2.75) is 64.2 Å². The Kier molecular flexibility index (Phi) is 6.38. The van der Waals surface area contributed by atoms with Crippen molar-refractivity contribution >= 4 is 29.3 Å². The summed E-state index contributed by atoms with van der Waals surface area (Å²) in [4.78, 5) is 17.5. The van der Waals surface area contributed by atoms with Crippen LogP contribution in [0.3, 0.4) is 0 Å². The van der Waals surface area contributed by atoms with Crippen LogP contribution in [0.25, 0.3) is 5.69 Å². The van der Waals surface area contributed by atoms with E-state index in [1.807, 2.05) is 42.9 Å². The van der Waals surface area contributed by atoms with Gasteiger partial charge in [0.05, 0.1) is 11.8 Å². The minimum Gasteiger partial charge on any atom is -0.338 e. The summed E-state index contributed by atoms with van der Waals surface area (Å²) in [5.74, 6) is 1.42. The molecule has 1 saturated heterocycles. The zero-order chi connectivity index (χ0) is 23.3. The molecule has 1 amide bonds. The third-order valence-electron chi connectivity index (χ3n) is 6.95. The van der Waals surface area contributed by atoms with Crippen molar-refractivity contribution in [1.29, 1.82) is 0 Å². The van der Waals surface area contributed by atoms with Gasteiger partial charge < -0.3 is 4.90 Å². The predicted molar refractivity (Wildman–Crippen MR) is 130 cm³/mol. The van der Waals surface area contributed by atoms with E-state index >= 15 is 0 Å². The lowest BCUT2D eigenvalue weighted by Crippen LogP contribution is -2.38. The molecule has 2 heterocycles. The number of aromatic nitrogens is 3. The molecule has 2 bridgehead atoms. The van der Waals surface area contributed by atoms with E-state index in [4.69, 9.17) is 11.6 Å².